The molecule has 1 saturated heterocycles. The Balaban J connectivity index is 1.64. The minimum Gasteiger partial charge on any atom is -0.487 e. The van der Waals surface area contributed by atoms with Crippen LogP contribution in [0.5, 0.6) is 5.75 Å². The van der Waals surface area contributed by atoms with E-state index in [1.54, 1.807) is 10.9 Å². The van der Waals surface area contributed by atoms with Crippen molar-refractivity contribution < 1.29 is 4.74 Å². The summed E-state index contributed by atoms with van der Waals surface area (Å²) >= 11 is 0. The van der Waals surface area contributed by atoms with E-state index in [0.29, 0.717) is 6.61 Å². The molecule has 0 spiro atoms. The van der Waals surface area contributed by atoms with Gasteiger partial charge in [0, 0.05) is 44.5 Å². The fourth-order valence-corrected chi connectivity index (χ4v) is 2.48. The smallest absolute Gasteiger partial charge is 0.140 e. The molecule has 6 nitrogen and oxygen atoms in total. The fourth-order valence-electron chi connectivity index (χ4n) is 2.48. The SMILES string of the molecule is Cn1cc(COc2cncc(N3CCCNCC3)c2)cn1. The highest BCUT2D eigenvalue weighted by molar-refractivity contribution is 5.48. The largest absolute Gasteiger partial charge is 0.487 e. The van der Waals surface area contributed by atoms with Gasteiger partial charge in [-0.15, -0.1) is 0 Å². The van der Waals surface area contributed by atoms with Gasteiger partial charge in [-0.2, -0.15) is 5.10 Å². The highest BCUT2D eigenvalue weighted by Crippen LogP contribution is 2.21. The molecule has 1 fully saturated rings. The third kappa shape index (κ3) is 3.72. The Morgan fingerprint density at radius 1 is 1.24 bits per heavy atom. The van der Waals surface area contributed by atoms with Gasteiger partial charge in [0.15, 0.2) is 0 Å². The van der Waals surface area contributed by atoms with Gasteiger partial charge in [-0.1, -0.05) is 0 Å². The van der Waals surface area contributed by atoms with Crippen LogP contribution < -0.4 is 15.0 Å². The van der Waals surface area contributed by atoms with Crippen LogP contribution in [0.4, 0.5) is 5.69 Å². The van der Waals surface area contributed by atoms with Crippen LogP contribution in [-0.4, -0.2) is 40.9 Å². The van der Waals surface area contributed by atoms with Crippen LogP contribution in [-0.2, 0) is 13.7 Å². The van der Waals surface area contributed by atoms with E-state index < -0.39 is 0 Å². The van der Waals surface area contributed by atoms with E-state index in [2.05, 4.69) is 26.4 Å². The maximum Gasteiger partial charge on any atom is 0.140 e. The number of nitrogens with zero attached hydrogens (tertiary/aromatic N) is 4. The van der Waals surface area contributed by atoms with Crippen LogP contribution >= 0.6 is 0 Å². The summed E-state index contributed by atoms with van der Waals surface area (Å²) in [5, 5.41) is 7.54. The summed E-state index contributed by atoms with van der Waals surface area (Å²) in [7, 11) is 1.90. The number of ether oxygens (including phenoxy) is 1. The first kappa shape index (κ1) is 13.9. The summed E-state index contributed by atoms with van der Waals surface area (Å²) in [6.45, 7) is 4.68. The molecule has 0 bridgehead atoms. The highest BCUT2D eigenvalue weighted by Gasteiger charge is 2.10. The maximum absolute atomic E-state index is 5.81. The van der Waals surface area contributed by atoms with Gasteiger partial charge in [0.2, 0.25) is 0 Å². The summed E-state index contributed by atoms with van der Waals surface area (Å²) in [6, 6.07) is 2.06. The number of hydrogen-bond acceptors (Lipinski definition) is 5. The lowest BCUT2D eigenvalue weighted by Crippen LogP contribution is -2.27. The fraction of sp³-hybridized carbons (Fsp3) is 0.467. The van der Waals surface area contributed by atoms with Crippen LogP contribution in [0.1, 0.15) is 12.0 Å². The van der Waals surface area contributed by atoms with E-state index in [-0.39, 0.29) is 0 Å². The first-order valence-corrected chi connectivity index (χ1v) is 7.32. The molecule has 0 aliphatic carbocycles. The third-order valence-corrected chi connectivity index (χ3v) is 3.57. The van der Waals surface area contributed by atoms with E-state index in [4.69, 9.17) is 4.74 Å². The molecule has 0 radical (unpaired) electrons. The Morgan fingerprint density at radius 3 is 3.05 bits per heavy atom. The molecule has 6 heteroatoms. The summed E-state index contributed by atoms with van der Waals surface area (Å²) < 4.78 is 7.59. The minimum atomic E-state index is 0.514. The quantitative estimate of drug-likeness (QED) is 0.915. The average Bonchev–Trinajstić information content (AvgIpc) is 2.76. The van der Waals surface area contributed by atoms with Gasteiger partial charge in [-0.3, -0.25) is 9.67 Å². The van der Waals surface area contributed by atoms with E-state index in [9.17, 15) is 0 Å². The molecule has 0 atom stereocenters. The van der Waals surface area contributed by atoms with Crippen molar-refractivity contribution in [1.29, 1.82) is 0 Å². The molecular formula is C15H21N5O. The van der Waals surface area contributed by atoms with Crippen molar-refractivity contribution in [3.63, 3.8) is 0 Å². The normalized spacial score (nSPS) is 15.8. The average molecular weight is 287 g/mol. The van der Waals surface area contributed by atoms with Gasteiger partial charge in [-0.25, -0.2) is 0 Å². The van der Waals surface area contributed by atoms with Crippen LogP contribution in [0.2, 0.25) is 0 Å². The Bertz CT molecular complexity index is 575. The summed E-state index contributed by atoms with van der Waals surface area (Å²) in [4.78, 5) is 6.65. The minimum absolute atomic E-state index is 0.514. The Morgan fingerprint density at radius 2 is 2.19 bits per heavy atom. The van der Waals surface area contributed by atoms with Gasteiger partial charge in [0.25, 0.3) is 0 Å². The number of nitrogens with one attached hydrogen (secondary N) is 1. The molecule has 2 aromatic rings. The van der Waals surface area contributed by atoms with Gasteiger partial charge < -0.3 is 15.0 Å². The van der Waals surface area contributed by atoms with E-state index in [1.165, 1.54) is 0 Å². The summed E-state index contributed by atoms with van der Waals surface area (Å²) in [6.07, 6.45) is 8.59. The van der Waals surface area contributed by atoms with Crippen LogP contribution in [0, 0.1) is 0 Å². The predicted molar refractivity (Wildman–Crippen MR) is 81.5 cm³/mol. The third-order valence-electron chi connectivity index (χ3n) is 3.57. The molecule has 2 aromatic heterocycles. The number of aromatic nitrogens is 3. The topological polar surface area (TPSA) is 55.2 Å². The van der Waals surface area contributed by atoms with Crippen molar-refractivity contribution in [2.75, 3.05) is 31.1 Å². The molecule has 0 aromatic carbocycles. The van der Waals surface area contributed by atoms with E-state index >= 15 is 0 Å². The number of rotatable bonds is 4. The van der Waals surface area contributed by atoms with Crippen LogP contribution in [0.15, 0.2) is 30.9 Å². The van der Waals surface area contributed by atoms with Crippen molar-refractivity contribution in [2.45, 2.75) is 13.0 Å². The molecule has 21 heavy (non-hydrogen) atoms. The van der Waals surface area contributed by atoms with E-state index in [1.807, 2.05) is 25.6 Å². The van der Waals surface area contributed by atoms with Crippen molar-refractivity contribution in [3.05, 3.63) is 36.4 Å². The highest BCUT2D eigenvalue weighted by atomic mass is 16.5. The second kappa shape index (κ2) is 6.58. The van der Waals surface area contributed by atoms with Crippen LogP contribution in [0.25, 0.3) is 0 Å². The first-order chi connectivity index (χ1) is 10.3. The molecule has 3 heterocycles. The standard InChI is InChI=1S/C15H21N5O/c1-19-11-13(8-18-19)12-21-15-7-14(9-17-10-15)20-5-2-3-16-4-6-20/h7-11,16H,2-6,12H2,1H3. The van der Waals surface area contributed by atoms with Gasteiger partial charge in [0.1, 0.15) is 12.4 Å². The van der Waals surface area contributed by atoms with Gasteiger partial charge in [-0.05, 0) is 13.0 Å². The lowest BCUT2D eigenvalue weighted by Gasteiger charge is -2.22. The van der Waals surface area contributed by atoms with Crippen molar-refractivity contribution in [2.24, 2.45) is 7.05 Å². The van der Waals surface area contributed by atoms with Crippen LogP contribution in [0.3, 0.4) is 0 Å². The number of anilines is 1. The zero-order valence-corrected chi connectivity index (χ0v) is 12.3. The van der Waals surface area contributed by atoms with Crippen molar-refractivity contribution in [3.8, 4) is 5.75 Å². The number of aryl methyl sites for hydroxylation is 1. The van der Waals surface area contributed by atoms with Crippen molar-refractivity contribution in [1.82, 2.24) is 20.1 Å². The lowest BCUT2D eigenvalue weighted by atomic mass is 10.3. The summed E-state index contributed by atoms with van der Waals surface area (Å²) in [5.41, 5.74) is 2.18. The predicted octanol–water partition coefficient (Wildman–Crippen LogP) is 1.19. The second-order valence-corrected chi connectivity index (χ2v) is 5.28. The monoisotopic (exact) mass is 287 g/mol. The molecule has 0 unspecified atom stereocenters. The molecular weight excluding hydrogens is 266 g/mol. The van der Waals surface area contributed by atoms with E-state index in [0.717, 1.165) is 49.6 Å². The molecule has 0 amide bonds. The zero-order chi connectivity index (χ0) is 14.5. The Hall–Kier alpha value is -2.08. The zero-order valence-electron chi connectivity index (χ0n) is 12.3. The summed E-state index contributed by atoms with van der Waals surface area (Å²) in [5.74, 6) is 0.800. The Kier molecular flexibility index (Phi) is 4.35. The molecule has 1 N–H and O–H groups in total. The molecule has 1 aliphatic heterocycles. The van der Waals surface area contributed by atoms with Gasteiger partial charge in [0.05, 0.1) is 24.3 Å². The number of hydrogen-bond donors (Lipinski definition) is 1. The molecule has 0 saturated carbocycles. The first-order valence-electron chi connectivity index (χ1n) is 7.32. The lowest BCUT2D eigenvalue weighted by molar-refractivity contribution is 0.305. The van der Waals surface area contributed by atoms with Gasteiger partial charge >= 0.3 is 0 Å². The molecule has 1 aliphatic rings. The number of pyridine rings is 1. The molecule has 112 valence electrons. The Labute approximate surface area is 124 Å². The second-order valence-electron chi connectivity index (χ2n) is 5.28. The van der Waals surface area contributed by atoms with Crippen molar-refractivity contribution >= 4 is 5.69 Å². The molecule has 3 rings (SSSR count). The maximum atomic E-state index is 5.81.